The first-order valence-corrected chi connectivity index (χ1v) is 15.8. The smallest absolute Gasteiger partial charge is 0.200 e. The molecule has 2 aromatic heterocycles. The molecule has 1 fully saturated rings. The van der Waals surface area contributed by atoms with Crippen molar-refractivity contribution in [3.8, 4) is 11.5 Å². The second kappa shape index (κ2) is 12.2. The Balaban J connectivity index is 1.00. The van der Waals surface area contributed by atoms with E-state index in [1.165, 1.54) is 33.5 Å². The van der Waals surface area contributed by atoms with E-state index in [1.807, 2.05) is 24.3 Å². The normalized spacial score (nSPS) is 16.5. The van der Waals surface area contributed by atoms with E-state index in [-0.39, 0.29) is 18.2 Å². The van der Waals surface area contributed by atoms with Gasteiger partial charge in [-0.3, -0.25) is 4.79 Å². The summed E-state index contributed by atoms with van der Waals surface area (Å²) in [7, 11) is 1.60. The van der Waals surface area contributed by atoms with Crippen LogP contribution in [0, 0.1) is 5.82 Å². The Bertz CT molecular complexity index is 1770. The summed E-state index contributed by atoms with van der Waals surface area (Å²) in [5.74, 6) is 2.58. The molecule has 0 saturated carbocycles. The molecule has 1 aliphatic heterocycles. The number of hydrogen-bond acceptors (Lipinski definition) is 8. The second-order valence-corrected chi connectivity index (χ2v) is 12.4. The number of ether oxygens (including phenoxy) is 2. The highest BCUT2D eigenvalue weighted by atomic mass is 32.1. The van der Waals surface area contributed by atoms with Gasteiger partial charge in [-0.1, -0.05) is 12.1 Å². The van der Waals surface area contributed by atoms with Crippen LogP contribution in [0.4, 0.5) is 15.9 Å². The number of carbonyl (C=O) groups is 1. The topological polar surface area (TPSA) is 67.8 Å². The number of nitrogens with zero attached hydrogens (tertiary/aromatic N) is 4. The molecule has 3 aromatic carbocycles. The highest BCUT2D eigenvalue weighted by Crippen LogP contribution is 2.43. The molecule has 1 saturated heterocycles. The molecule has 0 radical (unpaired) electrons. The van der Waals surface area contributed by atoms with Crippen molar-refractivity contribution in [3.63, 3.8) is 0 Å². The molecule has 1 atom stereocenters. The molecule has 0 bridgehead atoms. The van der Waals surface area contributed by atoms with Crippen LogP contribution in [0.3, 0.4) is 0 Å². The summed E-state index contributed by atoms with van der Waals surface area (Å²) < 4.78 is 24.4. The number of thiophene rings is 1. The van der Waals surface area contributed by atoms with E-state index in [0.717, 1.165) is 67.5 Å². The summed E-state index contributed by atoms with van der Waals surface area (Å²) in [6.07, 6.45) is 4.72. The minimum Gasteiger partial charge on any atom is -0.497 e. The molecule has 7 rings (SSSR count). The Morgan fingerprint density at radius 3 is 2.34 bits per heavy atom. The van der Waals surface area contributed by atoms with Crippen molar-refractivity contribution < 1.29 is 18.7 Å². The maximum atomic E-state index is 13.4. The highest BCUT2D eigenvalue weighted by Gasteiger charge is 2.28. The monoisotopic (exact) mass is 608 g/mol. The molecule has 3 heterocycles. The fourth-order valence-corrected chi connectivity index (χ4v) is 7.55. The quantitative estimate of drug-likeness (QED) is 0.182. The van der Waals surface area contributed by atoms with Crippen molar-refractivity contribution in [3.05, 3.63) is 107 Å². The molecule has 1 unspecified atom stereocenters. The van der Waals surface area contributed by atoms with Crippen LogP contribution in [0.2, 0.25) is 0 Å². The lowest BCUT2D eigenvalue weighted by Gasteiger charge is -2.37. The molecule has 9 heteroatoms. The number of piperazine rings is 1. The fraction of sp³-hybridized carbons (Fsp3) is 0.286. The first-order chi connectivity index (χ1) is 21.6. The number of aryl methyl sites for hydroxylation is 1. The van der Waals surface area contributed by atoms with Gasteiger partial charge >= 0.3 is 0 Å². The Morgan fingerprint density at radius 2 is 1.61 bits per heavy atom. The fourth-order valence-electron chi connectivity index (χ4n) is 6.29. The van der Waals surface area contributed by atoms with Crippen molar-refractivity contribution >= 4 is 38.8 Å². The van der Waals surface area contributed by atoms with Gasteiger partial charge in [0.25, 0.3) is 0 Å². The summed E-state index contributed by atoms with van der Waals surface area (Å²) in [5, 5.41) is 1.21. The minimum absolute atomic E-state index is 0.00902. The third-order valence-corrected chi connectivity index (χ3v) is 9.89. The van der Waals surface area contributed by atoms with Gasteiger partial charge in [0.15, 0.2) is 12.4 Å². The van der Waals surface area contributed by atoms with E-state index in [2.05, 4.69) is 26.9 Å². The van der Waals surface area contributed by atoms with E-state index in [1.54, 1.807) is 49.0 Å². The van der Waals surface area contributed by atoms with Crippen LogP contribution in [0.5, 0.6) is 11.5 Å². The number of carbonyl (C=O) groups excluding carboxylic acids is 1. The molecule has 5 aromatic rings. The molecular formula is C35H33FN4O3S. The number of rotatable bonds is 8. The first kappa shape index (κ1) is 28.3. The number of methoxy groups -OCH3 is 1. The Kier molecular flexibility index (Phi) is 7.87. The molecule has 7 nitrogen and oxygen atoms in total. The summed E-state index contributed by atoms with van der Waals surface area (Å²) >= 11 is 1.80. The van der Waals surface area contributed by atoms with Gasteiger partial charge in [0.2, 0.25) is 0 Å². The molecular weight excluding hydrogens is 575 g/mol. The standard InChI is InChI=1S/C35H33FN4O3S/c1-42-28-11-4-24(5-12-28)31(41)21-43-29-13-2-23(3-14-29)25-6-15-30-32(20-25)44-35-33(30)34(37-22-38-35)40-18-16-39(17-19-40)27-9-7-26(36)8-10-27/h2-5,7-14,22,25H,6,15-21H2,1H3. The van der Waals surface area contributed by atoms with Gasteiger partial charge < -0.3 is 19.3 Å². The predicted octanol–water partition coefficient (Wildman–Crippen LogP) is 6.70. The summed E-state index contributed by atoms with van der Waals surface area (Å²) in [4.78, 5) is 29.1. The first-order valence-electron chi connectivity index (χ1n) is 15.0. The number of halogens is 1. The molecule has 0 spiro atoms. The van der Waals surface area contributed by atoms with Crippen molar-refractivity contribution in [2.75, 3.05) is 49.7 Å². The lowest BCUT2D eigenvalue weighted by Crippen LogP contribution is -2.47. The van der Waals surface area contributed by atoms with Gasteiger partial charge in [0, 0.05) is 42.3 Å². The third-order valence-electron chi connectivity index (χ3n) is 8.73. The van der Waals surface area contributed by atoms with Gasteiger partial charge in [-0.2, -0.15) is 0 Å². The largest absolute Gasteiger partial charge is 0.497 e. The van der Waals surface area contributed by atoms with Crippen LogP contribution < -0.4 is 19.3 Å². The lowest BCUT2D eigenvalue weighted by atomic mass is 9.83. The number of ketones is 1. The minimum atomic E-state index is -0.208. The number of aromatic nitrogens is 2. The maximum Gasteiger partial charge on any atom is 0.200 e. The van der Waals surface area contributed by atoms with E-state index in [9.17, 15) is 9.18 Å². The summed E-state index contributed by atoms with van der Waals surface area (Å²) in [5.41, 5.74) is 4.34. The van der Waals surface area contributed by atoms with Crippen molar-refractivity contribution in [2.24, 2.45) is 0 Å². The zero-order valence-corrected chi connectivity index (χ0v) is 25.4. The Morgan fingerprint density at radius 1 is 0.909 bits per heavy atom. The average Bonchev–Trinajstić information content (AvgIpc) is 3.46. The van der Waals surface area contributed by atoms with E-state index >= 15 is 0 Å². The number of benzene rings is 3. The van der Waals surface area contributed by atoms with Crippen LogP contribution in [0.1, 0.15) is 38.7 Å². The van der Waals surface area contributed by atoms with E-state index in [0.29, 0.717) is 17.2 Å². The van der Waals surface area contributed by atoms with Crippen LogP contribution in [-0.2, 0) is 12.8 Å². The third kappa shape index (κ3) is 5.71. The van der Waals surface area contributed by atoms with Crippen molar-refractivity contribution in [1.82, 2.24) is 9.97 Å². The Labute approximate surface area is 259 Å². The van der Waals surface area contributed by atoms with Gasteiger partial charge in [0.05, 0.1) is 12.5 Å². The SMILES string of the molecule is COc1ccc(C(=O)COc2ccc(C3CCc4c(sc5ncnc(N6CCN(c7ccc(F)cc7)CC6)c45)C3)cc2)cc1. The molecule has 0 N–H and O–H groups in total. The van der Waals surface area contributed by atoms with E-state index < -0.39 is 0 Å². The molecule has 224 valence electrons. The zero-order chi connectivity index (χ0) is 30.0. The van der Waals surface area contributed by atoms with Crippen LogP contribution in [0.15, 0.2) is 79.1 Å². The summed E-state index contributed by atoms with van der Waals surface area (Å²) in [6.45, 7) is 3.43. The molecule has 44 heavy (non-hydrogen) atoms. The average molecular weight is 609 g/mol. The van der Waals surface area contributed by atoms with Crippen LogP contribution in [0.25, 0.3) is 10.2 Å². The second-order valence-electron chi connectivity index (χ2n) is 11.3. The number of hydrogen-bond donors (Lipinski definition) is 0. The number of Topliss-reactive ketones (excluding diaryl/α,β-unsaturated/α-hetero) is 1. The predicted molar refractivity (Wildman–Crippen MR) is 172 cm³/mol. The zero-order valence-electron chi connectivity index (χ0n) is 24.5. The Hall–Kier alpha value is -4.50. The lowest BCUT2D eigenvalue weighted by molar-refractivity contribution is 0.0921. The molecule has 1 aliphatic carbocycles. The van der Waals surface area contributed by atoms with Crippen LogP contribution >= 0.6 is 11.3 Å². The van der Waals surface area contributed by atoms with Gasteiger partial charge in [0.1, 0.15) is 34.3 Å². The van der Waals surface area contributed by atoms with Gasteiger partial charge in [-0.25, -0.2) is 14.4 Å². The molecule has 2 aliphatic rings. The van der Waals surface area contributed by atoms with Crippen molar-refractivity contribution in [1.29, 1.82) is 0 Å². The van der Waals surface area contributed by atoms with Gasteiger partial charge in [-0.15, -0.1) is 11.3 Å². The van der Waals surface area contributed by atoms with Crippen LogP contribution in [-0.4, -0.2) is 55.6 Å². The van der Waals surface area contributed by atoms with E-state index in [4.69, 9.17) is 14.5 Å². The number of anilines is 2. The highest BCUT2D eigenvalue weighted by molar-refractivity contribution is 7.19. The number of fused-ring (bicyclic) bond motifs is 3. The van der Waals surface area contributed by atoms with Gasteiger partial charge in [-0.05, 0) is 97.0 Å². The summed E-state index contributed by atoms with van der Waals surface area (Å²) in [6, 6.07) is 22.0. The van der Waals surface area contributed by atoms with Crippen molar-refractivity contribution in [2.45, 2.75) is 25.2 Å². The maximum absolute atomic E-state index is 13.4. The molecule has 0 amide bonds.